The molecule has 0 bridgehead atoms. The summed E-state index contributed by atoms with van der Waals surface area (Å²) in [5.41, 5.74) is 2.62. The first-order valence-corrected chi connectivity index (χ1v) is 14.0. The van der Waals surface area contributed by atoms with E-state index in [-0.39, 0.29) is 17.9 Å². The molecular formula is C31H35Cl2N3O3. The smallest absolute Gasteiger partial charge is 0.405 e. The van der Waals surface area contributed by atoms with Crippen molar-refractivity contribution in [1.29, 1.82) is 0 Å². The highest BCUT2D eigenvalue weighted by Crippen LogP contribution is 2.38. The zero-order chi connectivity index (χ0) is 28.0. The van der Waals surface area contributed by atoms with Gasteiger partial charge in [-0.15, -0.1) is 0 Å². The fourth-order valence-corrected chi connectivity index (χ4v) is 6.17. The largest absolute Gasteiger partial charge is 0.465 e. The van der Waals surface area contributed by atoms with E-state index in [9.17, 15) is 14.7 Å². The van der Waals surface area contributed by atoms with Gasteiger partial charge in [0.2, 0.25) is 5.91 Å². The molecule has 1 fully saturated rings. The van der Waals surface area contributed by atoms with Crippen molar-refractivity contribution in [3.8, 4) is 0 Å². The van der Waals surface area contributed by atoms with Crippen LogP contribution in [0, 0.1) is 0 Å². The van der Waals surface area contributed by atoms with E-state index in [1.807, 2.05) is 42.5 Å². The number of rotatable bonds is 9. The molecule has 3 atom stereocenters. The van der Waals surface area contributed by atoms with Crippen molar-refractivity contribution >= 4 is 35.2 Å². The van der Waals surface area contributed by atoms with Crippen LogP contribution >= 0.6 is 23.2 Å². The number of carbonyl (C=O) groups excluding carboxylic acids is 1. The van der Waals surface area contributed by atoms with Gasteiger partial charge in [0.25, 0.3) is 0 Å². The standard InChI is InChI=1S/C31H35Cl2N3O3/c1-21(23-9-5-3-6-10-23)29(20-28(34-30(38)39)24-13-14-26(32)27(33)19-24)36-17-15-31(16-18-36,35-22(2)37)25-11-7-4-8-12-25/h3-14,19,21,28-29,34H,15-18,20H2,1-2H3,(H,35,37)(H,38,39)/t21-,28?,29?/m0/s1. The Balaban J connectivity index is 1.65. The van der Waals surface area contributed by atoms with E-state index in [0.29, 0.717) is 16.5 Å². The lowest BCUT2D eigenvalue weighted by molar-refractivity contribution is -0.121. The molecule has 2 amide bonds. The van der Waals surface area contributed by atoms with E-state index < -0.39 is 17.7 Å². The molecule has 206 valence electrons. The molecule has 1 heterocycles. The average Bonchev–Trinajstić information content (AvgIpc) is 2.93. The number of hydrogen-bond donors (Lipinski definition) is 3. The molecule has 0 radical (unpaired) electrons. The molecule has 39 heavy (non-hydrogen) atoms. The maximum atomic E-state index is 12.2. The Morgan fingerprint density at radius 3 is 2.10 bits per heavy atom. The lowest BCUT2D eigenvalue weighted by Gasteiger charge is -2.47. The zero-order valence-electron chi connectivity index (χ0n) is 22.2. The number of nitrogens with zero attached hydrogens (tertiary/aromatic N) is 1. The number of hydrogen-bond acceptors (Lipinski definition) is 3. The maximum Gasteiger partial charge on any atom is 0.405 e. The van der Waals surface area contributed by atoms with Crippen molar-refractivity contribution in [1.82, 2.24) is 15.5 Å². The molecular weight excluding hydrogens is 533 g/mol. The molecule has 0 aromatic heterocycles. The van der Waals surface area contributed by atoms with Gasteiger partial charge in [-0.1, -0.05) is 96.9 Å². The number of carbonyl (C=O) groups is 2. The van der Waals surface area contributed by atoms with Crippen LogP contribution in [0.25, 0.3) is 0 Å². The second-order valence-corrected chi connectivity index (χ2v) is 11.2. The summed E-state index contributed by atoms with van der Waals surface area (Å²) in [6, 6.07) is 25.2. The Morgan fingerprint density at radius 1 is 0.923 bits per heavy atom. The van der Waals surface area contributed by atoms with Gasteiger partial charge in [-0.3, -0.25) is 9.69 Å². The Kier molecular flexibility index (Phi) is 9.54. The molecule has 3 N–H and O–H groups in total. The van der Waals surface area contributed by atoms with Crippen LogP contribution in [0.2, 0.25) is 10.0 Å². The van der Waals surface area contributed by atoms with E-state index in [1.54, 1.807) is 19.1 Å². The summed E-state index contributed by atoms with van der Waals surface area (Å²) in [4.78, 5) is 26.5. The number of piperidine rings is 1. The van der Waals surface area contributed by atoms with Crippen LogP contribution in [0.5, 0.6) is 0 Å². The Hall–Kier alpha value is -3.06. The van der Waals surface area contributed by atoms with Crippen LogP contribution < -0.4 is 10.6 Å². The number of likely N-dealkylation sites (tertiary alicyclic amines) is 1. The van der Waals surface area contributed by atoms with E-state index >= 15 is 0 Å². The first kappa shape index (κ1) is 28.9. The molecule has 1 aliphatic heterocycles. The molecule has 4 rings (SSSR count). The van der Waals surface area contributed by atoms with E-state index in [4.69, 9.17) is 23.2 Å². The third-order valence-electron chi connectivity index (χ3n) is 7.89. The molecule has 0 aliphatic carbocycles. The Bertz CT molecular complexity index is 1260. The van der Waals surface area contributed by atoms with Gasteiger partial charge in [0, 0.05) is 26.1 Å². The van der Waals surface area contributed by atoms with Crippen molar-refractivity contribution in [2.45, 2.75) is 56.7 Å². The minimum absolute atomic E-state index is 0.0183. The van der Waals surface area contributed by atoms with Gasteiger partial charge < -0.3 is 15.7 Å². The zero-order valence-corrected chi connectivity index (χ0v) is 23.8. The summed E-state index contributed by atoms with van der Waals surface area (Å²) in [6.45, 7) is 5.26. The highest BCUT2D eigenvalue weighted by atomic mass is 35.5. The van der Waals surface area contributed by atoms with Crippen LogP contribution in [0.1, 0.15) is 61.8 Å². The highest BCUT2D eigenvalue weighted by Gasteiger charge is 2.40. The molecule has 1 aliphatic rings. The minimum atomic E-state index is -1.09. The van der Waals surface area contributed by atoms with Crippen LogP contribution in [-0.4, -0.2) is 41.1 Å². The molecule has 0 saturated carbocycles. The number of halogens is 2. The predicted octanol–water partition coefficient (Wildman–Crippen LogP) is 6.99. The topological polar surface area (TPSA) is 81.7 Å². The molecule has 0 spiro atoms. The summed E-state index contributed by atoms with van der Waals surface area (Å²) in [7, 11) is 0. The highest BCUT2D eigenvalue weighted by molar-refractivity contribution is 6.42. The number of benzene rings is 3. The second-order valence-electron chi connectivity index (χ2n) is 10.3. The monoisotopic (exact) mass is 567 g/mol. The van der Waals surface area contributed by atoms with E-state index in [1.165, 1.54) is 5.56 Å². The Morgan fingerprint density at radius 2 is 1.54 bits per heavy atom. The summed E-state index contributed by atoms with van der Waals surface area (Å²) >= 11 is 12.5. The van der Waals surface area contributed by atoms with E-state index in [2.05, 4.69) is 46.7 Å². The number of nitrogens with one attached hydrogen (secondary N) is 2. The fraction of sp³-hybridized carbons (Fsp3) is 0.355. The van der Waals surface area contributed by atoms with Crippen molar-refractivity contribution < 1.29 is 14.7 Å². The SMILES string of the molecule is CC(=O)NC1(c2ccccc2)CCN(C(CC(NC(=O)O)c2ccc(Cl)c(Cl)c2)[C@@H](C)c2ccccc2)CC1. The number of carboxylic acid groups (broad SMARTS) is 1. The molecule has 2 unspecified atom stereocenters. The van der Waals surface area contributed by atoms with Gasteiger partial charge in [-0.2, -0.15) is 0 Å². The van der Waals surface area contributed by atoms with Gasteiger partial charge in [-0.25, -0.2) is 4.79 Å². The predicted molar refractivity (Wildman–Crippen MR) is 156 cm³/mol. The van der Waals surface area contributed by atoms with Crippen LogP contribution in [-0.2, 0) is 10.3 Å². The summed E-state index contributed by atoms with van der Waals surface area (Å²) in [6.07, 6.45) is 0.944. The van der Waals surface area contributed by atoms with Gasteiger partial charge in [0.1, 0.15) is 0 Å². The quantitative estimate of drug-likeness (QED) is 0.260. The summed E-state index contributed by atoms with van der Waals surface area (Å²) in [5, 5.41) is 16.5. The minimum Gasteiger partial charge on any atom is -0.465 e. The Labute approximate surface area is 240 Å². The molecule has 8 heteroatoms. The molecule has 3 aromatic rings. The average molecular weight is 569 g/mol. The third-order valence-corrected chi connectivity index (χ3v) is 8.62. The molecule has 6 nitrogen and oxygen atoms in total. The van der Waals surface area contributed by atoms with Crippen molar-refractivity contribution in [3.63, 3.8) is 0 Å². The lowest BCUT2D eigenvalue weighted by Crippen LogP contribution is -2.55. The first-order valence-electron chi connectivity index (χ1n) is 13.3. The fourth-order valence-electron chi connectivity index (χ4n) is 5.86. The third kappa shape index (κ3) is 7.13. The van der Waals surface area contributed by atoms with Crippen LogP contribution in [0.3, 0.4) is 0 Å². The molecule has 3 aromatic carbocycles. The van der Waals surface area contributed by atoms with Gasteiger partial charge in [0.05, 0.1) is 21.6 Å². The van der Waals surface area contributed by atoms with Gasteiger partial charge in [-0.05, 0) is 54.0 Å². The van der Waals surface area contributed by atoms with Gasteiger partial charge >= 0.3 is 6.09 Å². The van der Waals surface area contributed by atoms with Crippen molar-refractivity contribution in [3.05, 3.63) is 106 Å². The second kappa shape index (κ2) is 12.9. The maximum absolute atomic E-state index is 12.2. The normalized spacial score (nSPS) is 17.5. The van der Waals surface area contributed by atoms with E-state index in [0.717, 1.165) is 37.1 Å². The van der Waals surface area contributed by atoms with Crippen molar-refractivity contribution in [2.75, 3.05) is 13.1 Å². The van der Waals surface area contributed by atoms with Crippen molar-refractivity contribution in [2.24, 2.45) is 0 Å². The first-order chi connectivity index (χ1) is 18.7. The van der Waals surface area contributed by atoms with Crippen LogP contribution in [0.15, 0.2) is 78.9 Å². The lowest BCUT2D eigenvalue weighted by atomic mass is 9.78. The van der Waals surface area contributed by atoms with Gasteiger partial charge in [0.15, 0.2) is 0 Å². The van der Waals surface area contributed by atoms with Crippen LogP contribution in [0.4, 0.5) is 4.79 Å². The summed E-state index contributed by atoms with van der Waals surface area (Å²) < 4.78 is 0. The molecule has 1 saturated heterocycles. The number of amides is 2. The summed E-state index contributed by atoms with van der Waals surface area (Å²) in [5.74, 6) is 0.0731.